The standard InChI is InChI=1S/C15H12N4O/c16-15(17)13-9-10(6-8-19-13)20-14-5-1-4-12-11(14)3-2-7-18-12/h1-9H,(H3,16,17). The van der Waals surface area contributed by atoms with Crippen molar-refractivity contribution < 1.29 is 4.74 Å². The Morgan fingerprint density at radius 2 is 1.95 bits per heavy atom. The average Bonchev–Trinajstić information content (AvgIpc) is 2.48. The summed E-state index contributed by atoms with van der Waals surface area (Å²) in [5.41, 5.74) is 6.68. The molecule has 3 rings (SSSR count). The van der Waals surface area contributed by atoms with Gasteiger partial charge in [-0.05, 0) is 30.3 Å². The third-order valence-corrected chi connectivity index (χ3v) is 2.84. The molecule has 0 radical (unpaired) electrons. The summed E-state index contributed by atoms with van der Waals surface area (Å²) in [7, 11) is 0. The van der Waals surface area contributed by atoms with Crippen LogP contribution in [0, 0.1) is 5.41 Å². The lowest BCUT2D eigenvalue weighted by Crippen LogP contribution is -2.12. The molecule has 1 aromatic carbocycles. The van der Waals surface area contributed by atoms with E-state index in [1.54, 1.807) is 24.5 Å². The third kappa shape index (κ3) is 2.29. The Kier molecular flexibility index (Phi) is 3.01. The molecule has 3 N–H and O–H groups in total. The van der Waals surface area contributed by atoms with Crippen molar-refractivity contribution in [3.63, 3.8) is 0 Å². The summed E-state index contributed by atoms with van der Waals surface area (Å²) >= 11 is 0. The fourth-order valence-corrected chi connectivity index (χ4v) is 1.91. The second-order valence-electron chi connectivity index (χ2n) is 4.22. The van der Waals surface area contributed by atoms with Crippen LogP contribution in [0.3, 0.4) is 0 Å². The van der Waals surface area contributed by atoms with E-state index in [4.69, 9.17) is 15.9 Å². The van der Waals surface area contributed by atoms with Crippen LogP contribution in [0.2, 0.25) is 0 Å². The molecule has 5 nitrogen and oxygen atoms in total. The molecule has 0 fully saturated rings. The number of pyridine rings is 2. The molecule has 3 aromatic rings. The van der Waals surface area contributed by atoms with Crippen LogP contribution < -0.4 is 10.5 Å². The number of nitrogens with two attached hydrogens (primary N) is 1. The molecule has 0 saturated carbocycles. The number of benzene rings is 1. The number of hydrogen-bond acceptors (Lipinski definition) is 4. The average molecular weight is 264 g/mol. The van der Waals surface area contributed by atoms with Gasteiger partial charge in [-0.3, -0.25) is 15.4 Å². The smallest absolute Gasteiger partial charge is 0.141 e. The van der Waals surface area contributed by atoms with E-state index in [1.807, 2.05) is 30.3 Å². The van der Waals surface area contributed by atoms with Crippen LogP contribution in [0.5, 0.6) is 11.5 Å². The van der Waals surface area contributed by atoms with Gasteiger partial charge in [0.15, 0.2) is 0 Å². The lowest BCUT2D eigenvalue weighted by atomic mass is 10.2. The molecule has 0 bridgehead atoms. The first-order valence-corrected chi connectivity index (χ1v) is 6.06. The summed E-state index contributed by atoms with van der Waals surface area (Å²) in [5, 5.41) is 8.32. The van der Waals surface area contributed by atoms with Crippen molar-refractivity contribution in [2.24, 2.45) is 5.73 Å². The highest BCUT2D eigenvalue weighted by Gasteiger charge is 2.05. The molecule has 0 aliphatic rings. The summed E-state index contributed by atoms with van der Waals surface area (Å²) in [5.74, 6) is 1.20. The Labute approximate surface area is 115 Å². The molecule has 98 valence electrons. The number of nitrogens with zero attached hydrogens (tertiary/aromatic N) is 2. The van der Waals surface area contributed by atoms with Gasteiger partial charge in [0.1, 0.15) is 23.0 Å². The Hall–Kier alpha value is -2.95. The monoisotopic (exact) mass is 264 g/mol. The fourth-order valence-electron chi connectivity index (χ4n) is 1.91. The second-order valence-corrected chi connectivity index (χ2v) is 4.22. The molecular formula is C15H12N4O. The van der Waals surface area contributed by atoms with Crippen LogP contribution in [0.4, 0.5) is 0 Å². The Morgan fingerprint density at radius 3 is 2.80 bits per heavy atom. The first kappa shape index (κ1) is 12.1. The SMILES string of the molecule is N=C(N)c1cc(Oc2cccc3ncccc23)ccn1. The molecule has 0 saturated heterocycles. The largest absolute Gasteiger partial charge is 0.457 e. The molecule has 2 aromatic heterocycles. The van der Waals surface area contributed by atoms with Crippen molar-refractivity contribution in [1.29, 1.82) is 5.41 Å². The normalized spacial score (nSPS) is 10.4. The van der Waals surface area contributed by atoms with Crippen LogP contribution in [0.1, 0.15) is 5.69 Å². The van der Waals surface area contributed by atoms with Crippen LogP contribution in [0.25, 0.3) is 10.9 Å². The minimum absolute atomic E-state index is 0.0879. The topological polar surface area (TPSA) is 84.9 Å². The Bertz CT molecular complexity index is 780. The van der Waals surface area contributed by atoms with Gasteiger partial charge in [-0.2, -0.15) is 0 Å². The minimum Gasteiger partial charge on any atom is -0.457 e. The van der Waals surface area contributed by atoms with E-state index in [2.05, 4.69) is 9.97 Å². The highest BCUT2D eigenvalue weighted by atomic mass is 16.5. The highest BCUT2D eigenvalue weighted by Crippen LogP contribution is 2.28. The van der Waals surface area contributed by atoms with Crippen molar-refractivity contribution in [2.45, 2.75) is 0 Å². The van der Waals surface area contributed by atoms with Crippen LogP contribution in [0.15, 0.2) is 54.9 Å². The summed E-state index contributed by atoms with van der Waals surface area (Å²) < 4.78 is 5.85. The predicted molar refractivity (Wildman–Crippen MR) is 77.1 cm³/mol. The van der Waals surface area contributed by atoms with Gasteiger partial charge in [-0.25, -0.2) is 0 Å². The first-order chi connectivity index (χ1) is 9.74. The van der Waals surface area contributed by atoms with Gasteiger partial charge in [-0.15, -0.1) is 0 Å². The molecule has 0 atom stereocenters. The first-order valence-electron chi connectivity index (χ1n) is 6.06. The second kappa shape index (κ2) is 4.97. The molecule has 0 spiro atoms. The van der Waals surface area contributed by atoms with E-state index in [0.29, 0.717) is 17.2 Å². The van der Waals surface area contributed by atoms with Crippen molar-refractivity contribution in [2.75, 3.05) is 0 Å². The maximum Gasteiger partial charge on any atom is 0.141 e. The maximum absolute atomic E-state index is 7.39. The van der Waals surface area contributed by atoms with Gasteiger partial charge >= 0.3 is 0 Å². The van der Waals surface area contributed by atoms with Crippen LogP contribution in [-0.4, -0.2) is 15.8 Å². The van der Waals surface area contributed by atoms with Crippen molar-refractivity contribution in [1.82, 2.24) is 9.97 Å². The van der Waals surface area contributed by atoms with E-state index in [-0.39, 0.29) is 5.84 Å². The van der Waals surface area contributed by atoms with Gasteiger partial charge < -0.3 is 10.5 Å². The van der Waals surface area contributed by atoms with Gasteiger partial charge in [-0.1, -0.05) is 6.07 Å². The molecule has 0 amide bonds. The number of fused-ring (bicyclic) bond motifs is 1. The van der Waals surface area contributed by atoms with E-state index >= 15 is 0 Å². The molecule has 5 heteroatoms. The Morgan fingerprint density at radius 1 is 1.05 bits per heavy atom. The zero-order valence-corrected chi connectivity index (χ0v) is 10.6. The van der Waals surface area contributed by atoms with Crippen LogP contribution in [-0.2, 0) is 0 Å². The van der Waals surface area contributed by atoms with E-state index in [9.17, 15) is 0 Å². The van der Waals surface area contributed by atoms with Gasteiger partial charge in [0.2, 0.25) is 0 Å². The van der Waals surface area contributed by atoms with Gasteiger partial charge in [0, 0.05) is 23.8 Å². The predicted octanol–water partition coefficient (Wildman–Crippen LogP) is 2.71. The lowest BCUT2D eigenvalue weighted by Gasteiger charge is -2.09. The zero-order chi connectivity index (χ0) is 13.9. The Balaban J connectivity index is 2.01. The highest BCUT2D eigenvalue weighted by molar-refractivity contribution is 5.93. The number of amidine groups is 1. The number of rotatable bonds is 3. The van der Waals surface area contributed by atoms with Crippen LogP contribution >= 0.6 is 0 Å². The molecule has 0 aliphatic heterocycles. The van der Waals surface area contributed by atoms with Gasteiger partial charge in [0.05, 0.1) is 5.52 Å². The number of hydrogen-bond donors (Lipinski definition) is 2. The summed E-state index contributed by atoms with van der Waals surface area (Å²) in [6.07, 6.45) is 3.31. The minimum atomic E-state index is -0.0879. The number of nitrogens with one attached hydrogen (secondary N) is 1. The molecule has 20 heavy (non-hydrogen) atoms. The zero-order valence-electron chi connectivity index (χ0n) is 10.6. The molecule has 2 heterocycles. The number of aromatic nitrogens is 2. The molecule has 0 unspecified atom stereocenters. The van der Waals surface area contributed by atoms with E-state index in [1.165, 1.54) is 0 Å². The van der Waals surface area contributed by atoms with Gasteiger partial charge in [0.25, 0.3) is 0 Å². The van der Waals surface area contributed by atoms with E-state index < -0.39 is 0 Å². The summed E-state index contributed by atoms with van der Waals surface area (Å²) in [6, 6.07) is 12.9. The summed E-state index contributed by atoms with van der Waals surface area (Å²) in [6.45, 7) is 0. The number of nitrogen functional groups attached to an aromatic ring is 1. The molecule has 0 aliphatic carbocycles. The fraction of sp³-hybridized carbons (Fsp3) is 0. The molecular weight excluding hydrogens is 252 g/mol. The third-order valence-electron chi connectivity index (χ3n) is 2.84. The summed E-state index contributed by atoms with van der Waals surface area (Å²) in [4.78, 5) is 8.28. The van der Waals surface area contributed by atoms with Crippen molar-refractivity contribution in [3.05, 3.63) is 60.6 Å². The quantitative estimate of drug-likeness (QED) is 0.562. The maximum atomic E-state index is 7.39. The van der Waals surface area contributed by atoms with E-state index in [0.717, 1.165) is 10.9 Å². The van der Waals surface area contributed by atoms with Crippen molar-refractivity contribution in [3.8, 4) is 11.5 Å². The lowest BCUT2D eigenvalue weighted by molar-refractivity contribution is 0.487. The number of ether oxygens (including phenoxy) is 1. The van der Waals surface area contributed by atoms with Crippen molar-refractivity contribution >= 4 is 16.7 Å².